The molecule has 4 rings (SSSR count). The van der Waals surface area contributed by atoms with Crippen LogP contribution in [0.15, 0.2) is 53.1 Å². The maximum Gasteiger partial charge on any atom is 0.241 e. The number of halogens is 1. The summed E-state index contributed by atoms with van der Waals surface area (Å²) in [6.07, 6.45) is 0. The zero-order valence-corrected chi connectivity index (χ0v) is 15.8. The van der Waals surface area contributed by atoms with Crippen molar-refractivity contribution in [1.82, 2.24) is 15.0 Å². The molecule has 28 heavy (non-hydrogen) atoms. The second-order valence-corrected chi connectivity index (χ2v) is 6.68. The average Bonchev–Trinajstić information content (AvgIpc) is 3.18. The van der Waals surface area contributed by atoms with E-state index < -0.39 is 0 Å². The van der Waals surface area contributed by atoms with E-state index in [0.29, 0.717) is 24.9 Å². The van der Waals surface area contributed by atoms with Crippen LogP contribution in [0.3, 0.4) is 0 Å². The van der Waals surface area contributed by atoms with Crippen molar-refractivity contribution in [3.63, 3.8) is 0 Å². The zero-order chi connectivity index (χ0) is 19.3. The van der Waals surface area contributed by atoms with Gasteiger partial charge >= 0.3 is 0 Å². The molecule has 0 amide bonds. The summed E-state index contributed by atoms with van der Waals surface area (Å²) in [5.41, 5.74) is 1.88. The summed E-state index contributed by atoms with van der Waals surface area (Å²) in [7, 11) is 0. The van der Waals surface area contributed by atoms with E-state index in [1.807, 2.05) is 25.1 Å². The second kappa shape index (κ2) is 8.39. The van der Waals surface area contributed by atoms with Crippen molar-refractivity contribution >= 4 is 5.69 Å². The molecule has 2 aromatic carbocycles. The fraction of sp³-hybridized carbons (Fsp3) is 0.333. The molecule has 0 bridgehead atoms. The molecule has 1 saturated heterocycles. The Morgan fingerprint density at radius 3 is 2.54 bits per heavy atom. The van der Waals surface area contributed by atoms with Crippen molar-refractivity contribution in [2.45, 2.75) is 13.5 Å². The Hall–Kier alpha value is -2.93. The molecule has 0 N–H and O–H groups in total. The molecule has 1 fully saturated rings. The highest BCUT2D eigenvalue weighted by Gasteiger charge is 2.21. The van der Waals surface area contributed by atoms with Crippen molar-refractivity contribution in [3.8, 4) is 17.1 Å². The molecule has 6 nitrogen and oxygen atoms in total. The number of hydrogen-bond acceptors (Lipinski definition) is 6. The molecule has 7 heteroatoms. The molecule has 0 atom stereocenters. The van der Waals surface area contributed by atoms with Gasteiger partial charge in [-0.3, -0.25) is 4.90 Å². The normalized spacial score (nSPS) is 15.0. The van der Waals surface area contributed by atoms with Crippen LogP contribution >= 0.6 is 0 Å². The lowest BCUT2D eigenvalue weighted by molar-refractivity contribution is 0.215. The van der Waals surface area contributed by atoms with E-state index in [9.17, 15) is 4.39 Å². The number of anilines is 1. The van der Waals surface area contributed by atoms with E-state index >= 15 is 0 Å². The average molecular weight is 382 g/mol. The third kappa shape index (κ3) is 4.14. The molecular weight excluding hydrogens is 359 g/mol. The fourth-order valence-corrected chi connectivity index (χ4v) is 3.37. The molecule has 0 saturated carbocycles. The largest absolute Gasteiger partial charge is 0.492 e. The maximum atomic E-state index is 13.1. The van der Waals surface area contributed by atoms with Crippen molar-refractivity contribution in [3.05, 3.63) is 60.2 Å². The first-order chi connectivity index (χ1) is 13.7. The lowest BCUT2D eigenvalue weighted by Gasteiger charge is -2.36. The Kier molecular flexibility index (Phi) is 5.53. The van der Waals surface area contributed by atoms with E-state index in [2.05, 4.69) is 26.0 Å². The molecule has 0 radical (unpaired) electrons. The Morgan fingerprint density at radius 1 is 1.04 bits per heavy atom. The van der Waals surface area contributed by atoms with E-state index in [1.54, 1.807) is 12.1 Å². The summed E-state index contributed by atoms with van der Waals surface area (Å²) in [5, 5.41) is 4.01. The molecule has 146 valence electrons. The number of benzene rings is 2. The van der Waals surface area contributed by atoms with Gasteiger partial charge in [0.2, 0.25) is 11.7 Å². The first-order valence-corrected chi connectivity index (χ1v) is 9.50. The van der Waals surface area contributed by atoms with Crippen LogP contribution in [0.25, 0.3) is 11.4 Å². The predicted molar refractivity (Wildman–Crippen MR) is 105 cm³/mol. The molecule has 1 aromatic heterocycles. The molecule has 3 aromatic rings. The van der Waals surface area contributed by atoms with Gasteiger partial charge in [-0.05, 0) is 43.3 Å². The van der Waals surface area contributed by atoms with Gasteiger partial charge in [-0.15, -0.1) is 0 Å². The smallest absolute Gasteiger partial charge is 0.241 e. The number of hydrogen-bond donors (Lipinski definition) is 0. The van der Waals surface area contributed by atoms with E-state index in [4.69, 9.17) is 9.26 Å². The van der Waals surface area contributed by atoms with Crippen LogP contribution < -0.4 is 9.64 Å². The summed E-state index contributed by atoms with van der Waals surface area (Å²) < 4.78 is 24.2. The van der Waals surface area contributed by atoms with Crippen LogP contribution in [0, 0.1) is 5.82 Å². The van der Waals surface area contributed by atoms with Crippen molar-refractivity contribution < 1.29 is 13.7 Å². The Bertz CT molecular complexity index is 905. The summed E-state index contributed by atoms with van der Waals surface area (Å²) in [4.78, 5) is 9.08. The van der Waals surface area contributed by atoms with Gasteiger partial charge in [0.05, 0.1) is 18.8 Å². The molecule has 1 aliphatic heterocycles. The van der Waals surface area contributed by atoms with E-state index in [0.717, 1.165) is 43.2 Å². The molecule has 2 heterocycles. The minimum absolute atomic E-state index is 0.281. The summed E-state index contributed by atoms with van der Waals surface area (Å²) in [6, 6.07) is 14.2. The quantitative estimate of drug-likeness (QED) is 0.649. The third-order valence-corrected chi connectivity index (χ3v) is 4.81. The van der Waals surface area contributed by atoms with Gasteiger partial charge in [0, 0.05) is 31.7 Å². The number of piperazine rings is 1. The molecular formula is C21H23FN4O2. The first kappa shape index (κ1) is 18.4. The first-order valence-electron chi connectivity index (χ1n) is 9.50. The third-order valence-electron chi connectivity index (χ3n) is 4.81. The monoisotopic (exact) mass is 382 g/mol. The van der Waals surface area contributed by atoms with Gasteiger partial charge in [0.15, 0.2) is 0 Å². The van der Waals surface area contributed by atoms with Gasteiger partial charge < -0.3 is 14.2 Å². The number of aromatic nitrogens is 2. The Morgan fingerprint density at radius 2 is 1.79 bits per heavy atom. The second-order valence-electron chi connectivity index (χ2n) is 6.68. The van der Waals surface area contributed by atoms with Crippen molar-refractivity contribution in [1.29, 1.82) is 0 Å². The van der Waals surface area contributed by atoms with Crippen LogP contribution in [0.4, 0.5) is 10.1 Å². The number of nitrogens with zero attached hydrogens (tertiary/aromatic N) is 4. The minimum atomic E-state index is -0.281. The topological polar surface area (TPSA) is 54.6 Å². The van der Waals surface area contributed by atoms with Crippen LogP contribution in [-0.4, -0.2) is 47.8 Å². The zero-order valence-electron chi connectivity index (χ0n) is 15.8. The van der Waals surface area contributed by atoms with Gasteiger partial charge in [-0.2, -0.15) is 4.98 Å². The van der Waals surface area contributed by atoms with Crippen LogP contribution in [0.1, 0.15) is 12.8 Å². The van der Waals surface area contributed by atoms with Gasteiger partial charge in [-0.25, -0.2) is 4.39 Å². The molecule has 1 aliphatic rings. The van der Waals surface area contributed by atoms with Crippen molar-refractivity contribution in [2.75, 3.05) is 37.7 Å². The number of ether oxygens (including phenoxy) is 1. The molecule has 0 aliphatic carbocycles. The standard InChI is InChI=1S/C21H23FN4O2/c1-2-27-19-6-4-3-5-18(19)26-13-11-25(12-14-26)15-20-23-21(24-28-20)16-7-9-17(22)10-8-16/h3-10H,2,11-15H2,1H3. The summed E-state index contributed by atoms with van der Waals surface area (Å²) >= 11 is 0. The predicted octanol–water partition coefficient (Wildman–Crippen LogP) is 3.60. The Labute approximate surface area is 163 Å². The number of rotatable bonds is 6. The highest BCUT2D eigenvalue weighted by molar-refractivity contribution is 5.58. The highest BCUT2D eigenvalue weighted by atomic mass is 19.1. The minimum Gasteiger partial charge on any atom is -0.492 e. The highest BCUT2D eigenvalue weighted by Crippen LogP contribution is 2.29. The maximum absolute atomic E-state index is 13.1. The summed E-state index contributed by atoms with van der Waals surface area (Å²) in [5.74, 6) is 1.71. The fourth-order valence-electron chi connectivity index (χ4n) is 3.37. The van der Waals surface area contributed by atoms with E-state index in [-0.39, 0.29) is 5.82 Å². The van der Waals surface area contributed by atoms with Crippen LogP contribution in [0.5, 0.6) is 5.75 Å². The SMILES string of the molecule is CCOc1ccccc1N1CCN(Cc2nc(-c3ccc(F)cc3)no2)CC1. The lowest BCUT2D eigenvalue weighted by atomic mass is 10.2. The number of para-hydroxylation sites is 2. The van der Waals surface area contributed by atoms with Gasteiger partial charge in [-0.1, -0.05) is 17.3 Å². The van der Waals surface area contributed by atoms with Gasteiger partial charge in [0.25, 0.3) is 0 Å². The lowest BCUT2D eigenvalue weighted by Crippen LogP contribution is -2.46. The van der Waals surface area contributed by atoms with Gasteiger partial charge in [0.1, 0.15) is 11.6 Å². The van der Waals surface area contributed by atoms with Crippen LogP contribution in [0.2, 0.25) is 0 Å². The molecule has 0 unspecified atom stereocenters. The van der Waals surface area contributed by atoms with Crippen molar-refractivity contribution in [2.24, 2.45) is 0 Å². The summed E-state index contributed by atoms with van der Waals surface area (Å²) in [6.45, 7) is 6.87. The Balaban J connectivity index is 1.36. The van der Waals surface area contributed by atoms with Crippen LogP contribution in [-0.2, 0) is 6.54 Å². The molecule has 0 spiro atoms. The van der Waals surface area contributed by atoms with E-state index in [1.165, 1.54) is 12.1 Å².